The van der Waals surface area contributed by atoms with Crippen molar-refractivity contribution in [1.82, 2.24) is 18.8 Å². The van der Waals surface area contributed by atoms with Crippen LogP contribution in [-0.2, 0) is 14.8 Å². The van der Waals surface area contributed by atoms with Crippen molar-refractivity contribution in [2.45, 2.75) is 51.0 Å². The van der Waals surface area contributed by atoms with Crippen molar-refractivity contribution in [3.05, 3.63) is 48.3 Å². The van der Waals surface area contributed by atoms with Crippen LogP contribution in [0.15, 0.2) is 47.6 Å². The molecule has 11 heteroatoms. The normalized spacial score (nSPS) is 16.7. The lowest BCUT2D eigenvalue weighted by Gasteiger charge is -2.36. The second-order valence-corrected chi connectivity index (χ2v) is 12.3. The van der Waals surface area contributed by atoms with Gasteiger partial charge >= 0.3 is 6.09 Å². The molecule has 4 rings (SSSR count). The Hall–Kier alpha value is -3.05. The van der Waals surface area contributed by atoms with Gasteiger partial charge in [0.25, 0.3) is 10.0 Å². The molecular weight excluding hydrogens is 498 g/mol. The minimum Gasteiger partial charge on any atom is -0.444 e. The maximum atomic E-state index is 13.1. The standard InChI is InChI=1S/C25H31N5O4S2/c1-17-8-10-19(11-9-17)36(32,33)30-14-12-20-22(30)26-15-21(27-20)28(5)23(35)18-7-6-13-29(16-18)24(31)34-25(2,3)4/h8-12,14-15,18H,6-7,13,16H2,1-5H3. The minimum absolute atomic E-state index is 0.0321. The number of aryl methyl sites for hydroxylation is 1. The third-order valence-corrected chi connectivity index (χ3v) is 8.30. The summed E-state index contributed by atoms with van der Waals surface area (Å²) in [5.41, 5.74) is 1.10. The van der Waals surface area contributed by atoms with Gasteiger partial charge in [0.1, 0.15) is 11.1 Å². The van der Waals surface area contributed by atoms with Crippen LogP contribution in [0.1, 0.15) is 39.2 Å². The van der Waals surface area contributed by atoms with Gasteiger partial charge in [-0.2, -0.15) is 0 Å². The molecule has 0 N–H and O–H groups in total. The Morgan fingerprint density at radius 1 is 1.19 bits per heavy atom. The summed E-state index contributed by atoms with van der Waals surface area (Å²) >= 11 is 5.77. The molecule has 1 atom stereocenters. The van der Waals surface area contributed by atoms with Gasteiger partial charge in [0.15, 0.2) is 11.5 Å². The smallest absolute Gasteiger partial charge is 0.410 e. The average Bonchev–Trinajstić information content (AvgIpc) is 3.26. The molecule has 0 saturated carbocycles. The zero-order valence-electron chi connectivity index (χ0n) is 21.1. The van der Waals surface area contributed by atoms with Crippen LogP contribution in [0.4, 0.5) is 10.6 Å². The maximum absolute atomic E-state index is 13.1. The summed E-state index contributed by atoms with van der Waals surface area (Å²) in [6.07, 6.45) is 4.31. The molecule has 0 bridgehead atoms. The monoisotopic (exact) mass is 529 g/mol. The van der Waals surface area contributed by atoms with Crippen molar-refractivity contribution in [2.24, 2.45) is 5.92 Å². The number of hydrogen-bond acceptors (Lipinski definition) is 7. The van der Waals surface area contributed by atoms with E-state index >= 15 is 0 Å². The van der Waals surface area contributed by atoms with E-state index < -0.39 is 15.6 Å². The van der Waals surface area contributed by atoms with Gasteiger partial charge in [0, 0.05) is 32.3 Å². The highest BCUT2D eigenvalue weighted by atomic mass is 32.2. The number of benzene rings is 1. The molecule has 192 valence electrons. The fraction of sp³-hybridized carbons (Fsp3) is 0.440. The summed E-state index contributed by atoms with van der Waals surface area (Å²) in [4.78, 5) is 25.9. The summed E-state index contributed by atoms with van der Waals surface area (Å²) in [6.45, 7) is 8.54. The molecule has 1 aliphatic heterocycles. The van der Waals surface area contributed by atoms with Crippen LogP contribution in [0, 0.1) is 12.8 Å². The number of carbonyl (C=O) groups excluding carboxylic acids is 1. The number of anilines is 1. The highest BCUT2D eigenvalue weighted by Gasteiger charge is 2.31. The van der Waals surface area contributed by atoms with Gasteiger partial charge in [-0.1, -0.05) is 29.9 Å². The van der Waals surface area contributed by atoms with Crippen molar-refractivity contribution in [2.75, 3.05) is 25.0 Å². The van der Waals surface area contributed by atoms with Gasteiger partial charge in [-0.25, -0.2) is 27.2 Å². The van der Waals surface area contributed by atoms with Crippen molar-refractivity contribution in [3.8, 4) is 0 Å². The number of aromatic nitrogens is 3. The second kappa shape index (κ2) is 9.78. The fourth-order valence-electron chi connectivity index (χ4n) is 4.11. The van der Waals surface area contributed by atoms with Crippen molar-refractivity contribution < 1.29 is 17.9 Å². The first-order valence-corrected chi connectivity index (χ1v) is 13.6. The summed E-state index contributed by atoms with van der Waals surface area (Å²) in [5.74, 6) is 0.475. The Balaban J connectivity index is 1.53. The largest absolute Gasteiger partial charge is 0.444 e. The van der Waals surface area contributed by atoms with E-state index in [1.54, 1.807) is 40.1 Å². The van der Waals surface area contributed by atoms with E-state index in [-0.39, 0.29) is 22.6 Å². The van der Waals surface area contributed by atoms with E-state index in [1.807, 2.05) is 34.7 Å². The highest BCUT2D eigenvalue weighted by molar-refractivity contribution is 7.90. The number of amides is 1. The zero-order chi connectivity index (χ0) is 26.3. The molecule has 9 nitrogen and oxygen atoms in total. The van der Waals surface area contributed by atoms with E-state index in [9.17, 15) is 13.2 Å². The van der Waals surface area contributed by atoms with Gasteiger partial charge in [-0.15, -0.1) is 0 Å². The first kappa shape index (κ1) is 26.0. The molecule has 0 aliphatic carbocycles. The van der Waals surface area contributed by atoms with Crippen LogP contribution in [0.3, 0.4) is 0 Å². The molecule has 3 aromatic rings. The van der Waals surface area contributed by atoms with E-state index in [2.05, 4.69) is 9.97 Å². The number of fused-ring (bicyclic) bond motifs is 1. The number of ether oxygens (including phenoxy) is 1. The Kier molecular flexibility index (Phi) is 7.07. The van der Waals surface area contributed by atoms with Gasteiger partial charge < -0.3 is 14.5 Å². The van der Waals surface area contributed by atoms with Gasteiger partial charge in [0.2, 0.25) is 0 Å². The van der Waals surface area contributed by atoms with Gasteiger partial charge in [-0.05, 0) is 58.7 Å². The summed E-state index contributed by atoms with van der Waals surface area (Å²) < 4.78 is 33.0. The number of rotatable bonds is 4. The minimum atomic E-state index is -3.81. The van der Waals surface area contributed by atoms with E-state index in [4.69, 9.17) is 17.0 Å². The van der Waals surface area contributed by atoms with Crippen LogP contribution in [0.25, 0.3) is 11.2 Å². The van der Waals surface area contributed by atoms with E-state index in [1.165, 1.54) is 12.4 Å². The molecule has 1 amide bonds. The first-order valence-electron chi connectivity index (χ1n) is 11.8. The Bertz CT molecular complexity index is 1390. The maximum Gasteiger partial charge on any atom is 0.410 e. The molecule has 1 aliphatic rings. The number of piperidine rings is 1. The lowest BCUT2D eigenvalue weighted by Crippen LogP contribution is -2.47. The van der Waals surface area contributed by atoms with Crippen LogP contribution in [-0.4, -0.2) is 64.1 Å². The average molecular weight is 530 g/mol. The zero-order valence-corrected chi connectivity index (χ0v) is 22.8. The predicted molar refractivity (Wildman–Crippen MR) is 143 cm³/mol. The Labute approximate surface area is 217 Å². The summed E-state index contributed by atoms with van der Waals surface area (Å²) in [7, 11) is -2.00. The molecule has 1 unspecified atom stereocenters. The molecule has 2 aromatic heterocycles. The predicted octanol–water partition coefficient (Wildman–Crippen LogP) is 4.39. The number of hydrogen-bond donors (Lipinski definition) is 0. The van der Waals surface area contributed by atoms with Crippen molar-refractivity contribution in [1.29, 1.82) is 0 Å². The van der Waals surface area contributed by atoms with Crippen LogP contribution < -0.4 is 4.90 Å². The third kappa shape index (κ3) is 5.36. The lowest BCUT2D eigenvalue weighted by molar-refractivity contribution is 0.0194. The molecule has 0 radical (unpaired) electrons. The van der Waals surface area contributed by atoms with Crippen LogP contribution >= 0.6 is 12.2 Å². The Morgan fingerprint density at radius 3 is 2.56 bits per heavy atom. The quantitative estimate of drug-likeness (QED) is 0.459. The fourth-order valence-corrected chi connectivity index (χ4v) is 5.70. The first-order chi connectivity index (χ1) is 16.9. The SMILES string of the molecule is Cc1ccc(S(=O)(=O)n2ccc3nc(N(C)C(=S)C4CCCN(C(=O)OC(C)(C)C)C4)cnc32)cc1. The molecule has 1 saturated heterocycles. The number of likely N-dealkylation sites (tertiary alicyclic amines) is 1. The van der Waals surface area contributed by atoms with Gasteiger partial charge in [0.05, 0.1) is 16.1 Å². The molecule has 1 fully saturated rings. The number of carbonyl (C=O) groups is 1. The van der Waals surface area contributed by atoms with Gasteiger partial charge in [-0.3, -0.25) is 0 Å². The highest BCUT2D eigenvalue weighted by Crippen LogP contribution is 2.26. The van der Waals surface area contributed by atoms with Crippen molar-refractivity contribution in [3.63, 3.8) is 0 Å². The number of nitrogens with zero attached hydrogens (tertiary/aromatic N) is 5. The van der Waals surface area contributed by atoms with E-state index in [0.29, 0.717) is 29.4 Å². The van der Waals surface area contributed by atoms with Crippen LogP contribution in [0.5, 0.6) is 0 Å². The molecule has 1 aromatic carbocycles. The Morgan fingerprint density at radius 2 is 1.89 bits per heavy atom. The molecular formula is C25H31N5O4S2. The van der Waals surface area contributed by atoms with Crippen molar-refractivity contribution >= 4 is 50.3 Å². The second-order valence-electron chi connectivity index (χ2n) is 10.0. The topological polar surface area (TPSA) is 97.6 Å². The van der Waals surface area contributed by atoms with Crippen LogP contribution in [0.2, 0.25) is 0 Å². The lowest BCUT2D eigenvalue weighted by atomic mass is 9.97. The third-order valence-electron chi connectivity index (χ3n) is 6.02. The number of thiocarbonyl (C=S) groups is 1. The summed E-state index contributed by atoms with van der Waals surface area (Å²) in [6, 6.07) is 8.30. The molecule has 0 spiro atoms. The van der Waals surface area contributed by atoms with E-state index in [0.717, 1.165) is 22.4 Å². The molecule has 36 heavy (non-hydrogen) atoms. The molecule has 3 heterocycles. The summed E-state index contributed by atoms with van der Waals surface area (Å²) in [5, 5.41) is 0.